The van der Waals surface area contributed by atoms with Gasteiger partial charge in [0, 0.05) is 19.6 Å². The molecule has 1 aliphatic rings. The number of hydrogen-bond acceptors (Lipinski definition) is 5. The van der Waals surface area contributed by atoms with Crippen molar-refractivity contribution in [2.45, 2.75) is 19.9 Å². The van der Waals surface area contributed by atoms with Crippen molar-refractivity contribution >= 4 is 24.8 Å². The Hall–Kier alpha value is -0.980. The van der Waals surface area contributed by atoms with Gasteiger partial charge >= 0.3 is 0 Å². The molecule has 0 atom stereocenters. The third-order valence-electron chi connectivity index (χ3n) is 3.93. The first-order valence-electron chi connectivity index (χ1n) is 8.83. The molecule has 0 unspecified atom stereocenters. The molecule has 5 nitrogen and oxygen atoms in total. The molecule has 0 spiro atoms. The second-order valence-corrected chi connectivity index (χ2v) is 5.80. The van der Waals surface area contributed by atoms with E-state index in [4.69, 9.17) is 14.2 Å². The number of nitrogens with zero attached hydrogens (tertiary/aromatic N) is 1. The lowest BCUT2D eigenvalue weighted by Crippen LogP contribution is -2.37. The van der Waals surface area contributed by atoms with Crippen molar-refractivity contribution in [3.63, 3.8) is 0 Å². The Morgan fingerprint density at radius 3 is 2.65 bits per heavy atom. The van der Waals surface area contributed by atoms with Gasteiger partial charge in [-0.2, -0.15) is 0 Å². The van der Waals surface area contributed by atoms with Crippen molar-refractivity contribution in [1.29, 1.82) is 0 Å². The van der Waals surface area contributed by atoms with E-state index in [2.05, 4.69) is 28.9 Å². The minimum atomic E-state index is 0. The van der Waals surface area contributed by atoms with E-state index < -0.39 is 0 Å². The van der Waals surface area contributed by atoms with Gasteiger partial charge in [-0.3, -0.25) is 4.90 Å². The van der Waals surface area contributed by atoms with Gasteiger partial charge in [-0.1, -0.05) is 18.7 Å². The number of nitrogens with one attached hydrogen (secondary N) is 1. The number of ether oxygens (including phenoxy) is 3. The molecular formula is C19H32Cl2N2O3. The van der Waals surface area contributed by atoms with Crippen molar-refractivity contribution in [3.8, 4) is 11.5 Å². The summed E-state index contributed by atoms with van der Waals surface area (Å²) >= 11 is 0. The Labute approximate surface area is 169 Å². The van der Waals surface area contributed by atoms with Gasteiger partial charge in [0.1, 0.15) is 6.61 Å². The second kappa shape index (κ2) is 15.1. The molecule has 0 aliphatic carbocycles. The smallest absolute Gasteiger partial charge is 0.161 e. The van der Waals surface area contributed by atoms with E-state index in [9.17, 15) is 0 Å². The zero-order valence-electron chi connectivity index (χ0n) is 15.6. The summed E-state index contributed by atoms with van der Waals surface area (Å²) in [6.45, 7) is 13.6. The van der Waals surface area contributed by atoms with E-state index in [0.29, 0.717) is 13.2 Å². The first kappa shape index (κ1) is 25.0. The van der Waals surface area contributed by atoms with Gasteiger partial charge < -0.3 is 19.5 Å². The van der Waals surface area contributed by atoms with Gasteiger partial charge in [0.25, 0.3) is 0 Å². The molecule has 0 bridgehead atoms. The fourth-order valence-electron chi connectivity index (χ4n) is 2.68. The van der Waals surface area contributed by atoms with E-state index in [1.54, 1.807) is 6.08 Å². The summed E-state index contributed by atoms with van der Waals surface area (Å²) in [5, 5.41) is 3.50. The summed E-state index contributed by atoms with van der Waals surface area (Å²) in [5.74, 6) is 1.57. The number of rotatable bonds is 11. The van der Waals surface area contributed by atoms with Crippen LogP contribution in [0.4, 0.5) is 0 Å². The lowest BCUT2D eigenvalue weighted by Gasteiger charge is -2.26. The summed E-state index contributed by atoms with van der Waals surface area (Å²) < 4.78 is 16.7. The lowest BCUT2D eigenvalue weighted by molar-refractivity contribution is 0.0374. The number of hydrogen-bond donors (Lipinski definition) is 1. The van der Waals surface area contributed by atoms with Gasteiger partial charge in [0.05, 0.1) is 19.8 Å². The summed E-state index contributed by atoms with van der Waals surface area (Å²) in [6, 6.07) is 6.10. The zero-order valence-corrected chi connectivity index (χ0v) is 17.2. The highest BCUT2D eigenvalue weighted by molar-refractivity contribution is 5.85. The first-order chi connectivity index (χ1) is 11.8. The molecule has 7 heteroatoms. The minimum absolute atomic E-state index is 0. The summed E-state index contributed by atoms with van der Waals surface area (Å²) in [4.78, 5) is 2.46. The Morgan fingerprint density at radius 1 is 1.19 bits per heavy atom. The van der Waals surface area contributed by atoms with Crippen LogP contribution in [0.15, 0.2) is 30.9 Å². The van der Waals surface area contributed by atoms with Crippen molar-refractivity contribution in [1.82, 2.24) is 10.2 Å². The third kappa shape index (κ3) is 9.10. The highest BCUT2D eigenvalue weighted by Crippen LogP contribution is 2.28. The maximum absolute atomic E-state index is 5.68. The quantitative estimate of drug-likeness (QED) is 0.451. The molecule has 1 fully saturated rings. The van der Waals surface area contributed by atoms with Crippen LogP contribution >= 0.6 is 24.8 Å². The maximum atomic E-state index is 5.68. The topological polar surface area (TPSA) is 43.0 Å². The summed E-state index contributed by atoms with van der Waals surface area (Å²) in [7, 11) is 0. The van der Waals surface area contributed by atoms with Crippen LogP contribution in [0.25, 0.3) is 0 Å². The predicted octanol–water partition coefficient (Wildman–Crippen LogP) is 3.31. The van der Waals surface area contributed by atoms with Crippen LogP contribution < -0.4 is 14.8 Å². The summed E-state index contributed by atoms with van der Waals surface area (Å²) in [6.07, 6.45) is 2.89. The number of morpholine rings is 1. The molecule has 0 saturated carbocycles. The van der Waals surface area contributed by atoms with Crippen LogP contribution in [-0.4, -0.2) is 57.5 Å². The summed E-state index contributed by atoms with van der Waals surface area (Å²) in [5.41, 5.74) is 1.20. The largest absolute Gasteiger partial charge is 0.490 e. The van der Waals surface area contributed by atoms with Crippen LogP contribution in [0.3, 0.4) is 0 Å². The van der Waals surface area contributed by atoms with Crippen LogP contribution in [0.5, 0.6) is 11.5 Å². The number of halogens is 2. The first-order valence-corrected chi connectivity index (χ1v) is 8.83. The highest BCUT2D eigenvalue weighted by Gasteiger charge is 2.09. The van der Waals surface area contributed by atoms with Crippen molar-refractivity contribution < 1.29 is 14.2 Å². The SMILES string of the molecule is C=CCOc1ccc(CNCCCN2CCOCC2)cc1OCC.Cl.Cl. The predicted molar refractivity (Wildman–Crippen MR) is 111 cm³/mol. The van der Waals surface area contributed by atoms with Crippen LogP contribution in [-0.2, 0) is 11.3 Å². The van der Waals surface area contributed by atoms with Crippen LogP contribution in [0, 0.1) is 0 Å². The molecule has 0 radical (unpaired) electrons. The fraction of sp³-hybridized carbons (Fsp3) is 0.579. The molecule has 150 valence electrons. The molecule has 2 rings (SSSR count). The Morgan fingerprint density at radius 2 is 1.96 bits per heavy atom. The Balaban J connectivity index is 0.00000312. The lowest BCUT2D eigenvalue weighted by atomic mass is 10.2. The minimum Gasteiger partial charge on any atom is -0.490 e. The van der Waals surface area contributed by atoms with Gasteiger partial charge in [-0.15, -0.1) is 24.8 Å². The van der Waals surface area contributed by atoms with E-state index in [-0.39, 0.29) is 24.8 Å². The Bertz CT molecular complexity index is 498. The molecule has 0 aromatic heterocycles. The fourth-order valence-corrected chi connectivity index (χ4v) is 2.68. The normalized spacial score (nSPS) is 14.0. The molecule has 1 aliphatic heterocycles. The van der Waals surface area contributed by atoms with E-state index in [1.807, 2.05) is 13.0 Å². The number of benzene rings is 1. The average molecular weight is 407 g/mol. The Kier molecular flexibility index (Phi) is 14.5. The van der Waals surface area contributed by atoms with Gasteiger partial charge in [-0.05, 0) is 44.1 Å². The highest BCUT2D eigenvalue weighted by atomic mass is 35.5. The van der Waals surface area contributed by atoms with Crippen molar-refractivity contribution in [3.05, 3.63) is 36.4 Å². The van der Waals surface area contributed by atoms with Crippen LogP contribution in [0.2, 0.25) is 0 Å². The third-order valence-corrected chi connectivity index (χ3v) is 3.93. The van der Waals surface area contributed by atoms with Crippen LogP contribution in [0.1, 0.15) is 18.9 Å². The molecule has 26 heavy (non-hydrogen) atoms. The maximum Gasteiger partial charge on any atom is 0.161 e. The molecule has 1 N–H and O–H groups in total. The van der Waals surface area contributed by atoms with E-state index >= 15 is 0 Å². The van der Waals surface area contributed by atoms with Gasteiger partial charge in [0.15, 0.2) is 11.5 Å². The monoisotopic (exact) mass is 406 g/mol. The molecular weight excluding hydrogens is 375 g/mol. The second-order valence-electron chi connectivity index (χ2n) is 5.80. The zero-order chi connectivity index (χ0) is 17.0. The van der Waals surface area contributed by atoms with Crippen molar-refractivity contribution in [2.24, 2.45) is 0 Å². The standard InChI is InChI=1S/C19H30N2O3.2ClH/c1-3-12-24-18-7-6-17(15-19(18)23-4-2)16-20-8-5-9-21-10-13-22-14-11-21;;/h3,6-7,15,20H,1,4-5,8-14,16H2,2H3;2*1H. The van der Waals surface area contributed by atoms with E-state index in [0.717, 1.165) is 63.9 Å². The molecule has 1 heterocycles. The van der Waals surface area contributed by atoms with E-state index in [1.165, 1.54) is 5.56 Å². The van der Waals surface area contributed by atoms with Gasteiger partial charge in [-0.25, -0.2) is 0 Å². The molecule has 0 amide bonds. The average Bonchev–Trinajstić information content (AvgIpc) is 2.62. The van der Waals surface area contributed by atoms with Gasteiger partial charge in [0.2, 0.25) is 0 Å². The molecule has 1 aromatic rings. The molecule has 1 aromatic carbocycles. The van der Waals surface area contributed by atoms with Crippen molar-refractivity contribution in [2.75, 3.05) is 52.6 Å². The molecule has 1 saturated heterocycles.